The summed E-state index contributed by atoms with van der Waals surface area (Å²) < 4.78 is 32.7. The minimum absolute atomic E-state index is 0.122. The lowest BCUT2D eigenvalue weighted by Gasteiger charge is -2.20. The molecule has 6 N–H and O–H groups in total. The number of phosphoric acid groups is 1. The molecule has 0 aromatic carbocycles. The van der Waals surface area contributed by atoms with E-state index in [0.29, 0.717) is 19.3 Å². The van der Waals surface area contributed by atoms with Crippen molar-refractivity contribution in [2.75, 3.05) is 26.4 Å². The molecule has 0 aliphatic heterocycles. The van der Waals surface area contributed by atoms with E-state index < -0.39 is 76.7 Å². The summed E-state index contributed by atoms with van der Waals surface area (Å²) in [6.45, 7) is 4.28. The molecule has 1 saturated carbocycles. The van der Waals surface area contributed by atoms with E-state index in [1.165, 1.54) is 77.0 Å². The first kappa shape index (κ1) is 55.3. The van der Waals surface area contributed by atoms with Gasteiger partial charge in [-0.15, -0.1) is 0 Å². The summed E-state index contributed by atoms with van der Waals surface area (Å²) in [4.78, 5) is 35.3. The van der Waals surface area contributed by atoms with E-state index in [2.05, 4.69) is 25.3 Å². The maximum atomic E-state index is 12.7. The quantitative estimate of drug-likeness (QED) is 0.0149. The fourth-order valence-corrected chi connectivity index (χ4v) is 8.03. The average Bonchev–Trinajstić information content (AvgIpc) is 3.48. The summed E-state index contributed by atoms with van der Waals surface area (Å²) in [5.41, 5.74) is 0. The van der Waals surface area contributed by atoms with Crippen LogP contribution in [0.5, 0.6) is 0 Å². The van der Waals surface area contributed by atoms with Gasteiger partial charge in [0.05, 0.1) is 44.6 Å². The van der Waals surface area contributed by atoms with Crippen molar-refractivity contribution in [1.82, 2.24) is 0 Å². The van der Waals surface area contributed by atoms with Crippen LogP contribution in [0.15, 0.2) is 24.3 Å². The third-order valence-corrected chi connectivity index (χ3v) is 12.2. The zero-order valence-corrected chi connectivity index (χ0v) is 37.6. The van der Waals surface area contributed by atoms with Crippen molar-refractivity contribution >= 4 is 19.8 Å². The molecule has 2 unspecified atom stereocenters. The van der Waals surface area contributed by atoms with Crippen molar-refractivity contribution in [2.24, 2.45) is 17.8 Å². The molecule has 346 valence electrons. The molecule has 0 heterocycles. The molecule has 0 aromatic rings. The SMILES string of the molecule is CCCCC[C@@H](O)/C=C/[C@@H]1[C@H](C/C=C\CC(=O)OC[C@H](COP(=O)(O)OC[C@@H](O)CO)OC(=O)CCCCCCCCCCCCCCCCC(C)CC)[C@@H](O)C[C@H]1O. The van der Waals surface area contributed by atoms with Crippen molar-refractivity contribution in [3.8, 4) is 0 Å². The van der Waals surface area contributed by atoms with Gasteiger partial charge in [0, 0.05) is 18.8 Å². The summed E-state index contributed by atoms with van der Waals surface area (Å²) in [7, 11) is -4.70. The van der Waals surface area contributed by atoms with Crippen molar-refractivity contribution in [3.05, 3.63) is 24.3 Å². The van der Waals surface area contributed by atoms with Gasteiger partial charge in [0.15, 0.2) is 6.10 Å². The number of phosphoric ester groups is 1. The molecule has 0 spiro atoms. The molecular weight excluding hydrogens is 779 g/mol. The predicted molar refractivity (Wildman–Crippen MR) is 230 cm³/mol. The van der Waals surface area contributed by atoms with E-state index in [0.717, 1.165) is 44.4 Å². The number of carbonyl (C=O) groups excluding carboxylic acids is 2. The molecule has 59 heavy (non-hydrogen) atoms. The highest BCUT2D eigenvalue weighted by Crippen LogP contribution is 2.43. The molecule has 1 aliphatic rings. The molecule has 1 rings (SSSR count). The summed E-state index contributed by atoms with van der Waals surface area (Å²) in [5.74, 6) is -1.00. The summed E-state index contributed by atoms with van der Waals surface area (Å²) in [5, 5.41) is 49.7. The highest BCUT2D eigenvalue weighted by atomic mass is 31.2. The third kappa shape index (κ3) is 29.3. The van der Waals surface area contributed by atoms with E-state index in [1.807, 2.05) is 0 Å². The van der Waals surface area contributed by atoms with E-state index in [4.69, 9.17) is 19.1 Å². The molecule has 14 heteroatoms. The van der Waals surface area contributed by atoms with Crippen LogP contribution >= 0.6 is 7.82 Å². The second-order valence-electron chi connectivity index (χ2n) is 16.7. The Labute approximate surface area is 356 Å². The van der Waals surface area contributed by atoms with Gasteiger partial charge in [0.2, 0.25) is 0 Å². The standard InChI is InChI=1S/C45H83O13P/c1-4-6-19-25-37(47)29-30-41-40(42(49)31-43(41)50)26-22-23-27-44(51)55-34-39(35-57-59(53,54)56-33-38(48)32-46)58-45(52)28-21-18-16-14-12-10-8-7-9-11-13-15-17-20-24-36(3)5-2/h22-23,29-30,36-43,46-50H,4-21,24-28,31-35H2,1-3H3,(H,53,54)/b23-22-,30-29+/t36?,37-,38+,39-,40+,41-,42+,43-/m1/s1. The molecule has 0 saturated heterocycles. The van der Waals surface area contributed by atoms with Crippen LogP contribution in [-0.4, -0.2) is 99.3 Å². The monoisotopic (exact) mass is 863 g/mol. The zero-order chi connectivity index (χ0) is 43.7. The Hall–Kier alpha value is -1.67. The Kier molecular flexibility index (Phi) is 32.7. The Morgan fingerprint density at radius 1 is 0.746 bits per heavy atom. The van der Waals surface area contributed by atoms with Gasteiger partial charge >= 0.3 is 19.8 Å². The number of aliphatic hydroxyl groups excluding tert-OH is 5. The maximum absolute atomic E-state index is 12.7. The number of allylic oxidation sites excluding steroid dienone is 1. The normalized spacial score (nSPS) is 21.4. The van der Waals surface area contributed by atoms with Crippen molar-refractivity contribution in [3.63, 3.8) is 0 Å². The number of unbranched alkanes of at least 4 members (excludes halogenated alkanes) is 15. The first-order chi connectivity index (χ1) is 28.3. The van der Waals surface area contributed by atoms with Crippen LogP contribution < -0.4 is 0 Å². The van der Waals surface area contributed by atoms with Crippen LogP contribution in [0.1, 0.15) is 175 Å². The minimum Gasteiger partial charge on any atom is -0.461 e. The van der Waals surface area contributed by atoms with Gasteiger partial charge in [0.25, 0.3) is 0 Å². The van der Waals surface area contributed by atoms with Gasteiger partial charge in [-0.3, -0.25) is 18.6 Å². The van der Waals surface area contributed by atoms with Crippen molar-refractivity contribution in [1.29, 1.82) is 0 Å². The van der Waals surface area contributed by atoms with Crippen LogP contribution in [0.25, 0.3) is 0 Å². The molecule has 1 fully saturated rings. The van der Waals surface area contributed by atoms with Crippen LogP contribution in [0, 0.1) is 17.8 Å². The van der Waals surface area contributed by atoms with Gasteiger partial charge in [-0.05, 0) is 31.1 Å². The molecule has 0 amide bonds. The van der Waals surface area contributed by atoms with Crippen molar-refractivity contribution < 1.29 is 63.1 Å². The fourth-order valence-electron chi connectivity index (χ4n) is 7.24. The lowest BCUT2D eigenvalue weighted by molar-refractivity contribution is -0.160. The Morgan fingerprint density at radius 2 is 1.32 bits per heavy atom. The molecule has 9 atom stereocenters. The third-order valence-electron chi connectivity index (χ3n) is 11.3. The molecule has 1 aliphatic carbocycles. The Bertz CT molecular complexity index is 1170. The van der Waals surface area contributed by atoms with Crippen LogP contribution in [-0.2, 0) is 32.7 Å². The highest BCUT2D eigenvalue weighted by Gasteiger charge is 2.39. The van der Waals surface area contributed by atoms with Crippen LogP contribution in [0.4, 0.5) is 0 Å². The van der Waals surface area contributed by atoms with Gasteiger partial charge < -0.3 is 39.9 Å². The van der Waals surface area contributed by atoms with Gasteiger partial charge in [-0.2, -0.15) is 0 Å². The number of hydrogen-bond acceptors (Lipinski definition) is 12. The number of hydrogen-bond donors (Lipinski definition) is 6. The average molecular weight is 863 g/mol. The summed E-state index contributed by atoms with van der Waals surface area (Å²) >= 11 is 0. The zero-order valence-electron chi connectivity index (χ0n) is 36.7. The number of ether oxygens (including phenoxy) is 2. The van der Waals surface area contributed by atoms with Crippen molar-refractivity contribution in [2.45, 2.75) is 205 Å². The lowest BCUT2D eigenvalue weighted by atomic mass is 9.89. The summed E-state index contributed by atoms with van der Waals surface area (Å²) in [6.07, 6.45) is 25.5. The van der Waals surface area contributed by atoms with E-state index >= 15 is 0 Å². The first-order valence-electron chi connectivity index (χ1n) is 22.9. The van der Waals surface area contributed by atoms with E-state index in [1.54, 1.807) is 24.3 Å². The van der Waals surface area contributed by atoms with E-state index in [-0.39, 0.29) is 31.1 Å². The number of rotatable bonds is 38. The van der Waals surface area contributed by atoms with Gasteiger partial charge in [-0.1, -0.05) is 161 Å². The topological polar surface area (TPSA) is 210 Å². The summed E-state index contributed by atoms with van der Waals surface area (Å²) in [6, 6.07) is 0. The van der Waals surface area contributed by atoms with E-state index in [9.17, 15) is 39.5 Å². The molecule has 0 bridgehead atoms. The number of carbonyl (C=O) groups is 2. The molecule has 0 aromatic heterocycles. The Morgan fingerprint density at radius 3 is 1.92 bits per heavy atom. The van der Waals surface area contributed by atoms with Gasteiger partial charge in [-0.25, -0.2) is 4.57 Å². The lowest BCUT2D eigenvalue weighted by Crippen LogP contribution is -2.29. The number of esters is 2. The Balaban J connectivity index is 2.46. The second-order valence-corrected chi connectivity index (χ2v) is 18.1. The maximum Gasteiger partial charge on any atom is 0.472 e. The number of aliphatic hydroxyl groups is 5. The molecule has 13 nitrogen and oxygen atoms in total. The first-order valence-corrected chi connectivity index (χ1v) is 24.4. The largest absolute Gasteiger partial charge is 0.472 e. The van der Waals surface area contributed by atoms with Crippen LogP contribution in [0.3, 0.4) is 0 Å². The predicted octanol–water partition coefficient (Wildman–Crippen LogP) is 8.41. The van der Waals surface area contributed by atoms with Gasteiger partial charge in [0.1, 0.15) is 12.7 Å². The molecular formula is C45H83O13P. The second kappa shape index (κ2) is 34.9. The van der Waals surface area contributed by atoms with Crippen LogP contribution in [0.2, 0.25) is 0 Å². The smallest absolute Gasteiger partial charge is 0.461 e. The fraction of sp³-hybridized carbons (Fsp3) is 0.867. The molecule has 0 radical (unpaired) electrons. The minimum atomic E-state index is -4.70. The highest BCUT2D eigenvalue weighted by molar-refractivity contribution is 7.47.